The quantitative estimate of drug-likeness (QED) is 0.523. The highest BCUT2D eigenvalue weighted by Gasteiger charge is 2.38. The van der Waals surface area contributed by atoms with Gasteiger partial charge in [-0.05, 0) is 59.7 Å². The largest absolute Gasteiger partial charge is 0.545 e. The summed E-state index contributed by atoms with van der Waals surface area (Å²) < 4.78 is 5.23. The molecule has 170 valence electrons. The molecule has 0 unspecified atom stereocenters. The smallest absolute Gasteiger partial charge is 0.266 e. The first-order chi connectivity index (χ1) is 16.2. The molecule has 0 bridgehead atoms. The van der Waals surface area contributed by atoms with E-state index in [0.717, 1.165) is 23.1 Å². The highest BCUT2D eigenvalue weighted by Crippen LogP contribution is 2.35. The molecule has 0 radical (unpaired) electrons. The first kappa shape index (κ1) is 22.2. The highest BCUT2D eigenvalue weighted by atomic mass is 16.5. The van der Waals surface area contributed by atoms with Crippen LogP contribution in [0.4, 0.5) is 11.4 Å². The van der Waals surface area contributed by atoms with Gasteiger partial charge in [0.1, 0.15) is 5.75 Å². The number of carboxylic acids is 2. The summed E-state index contributed by atoms with van der Waals surface area (Å²) in [7, 11) is 1.40. The number of imide groups is 1. The predicted molar refractivity (Wildman–Crippen MR) is 114 cm³/mol. The van der Waals surface area contributed by atoms with Gasteiger partial charge in [0.05, 0.1) is 35.9 Å². The number of rotatable bonds is 6. The van der Waals surface area contributed by atoms with E-state index in [2.05, 4.69) is 5.32 Å². The predicted octanol–water partition coefficient (Wildman–Crippen LogP) is 0.475. The van der Waals surface area contributed by atoms with Gasteiger partial charge in [-0.1, -0.05) is 12.1 Å². The molecule has 3 aromatic carbocycles. The Hall–Kier alpha value is -4.99. The second-order valence-corrected chi connectivity index (χ2v) is 7.21. The van der Waals surface area contributed by atoms with Crippen molar-refractivity contribution in [3.8, 4) is 5.75 Å². The number of para-hydroxylation sites is 2. The Labute approximate surface area is 192 Å². The van der Waals surface area contributed by atoms with Crippen LogP contribution in [-0.4, -0.2) is 36.8 Å². The van der Waals surface area contributed by atoms with Crippen LogP contribution in [0.1, 0.15) is 51.8 Å². The van der Waals surface area contributed by atoms with Gasteiger partial charge in [-0.3, -0.25) is 14.4 Å². The van der Waals surface area contributed by atoms with Crippen molar-refractivity contribution < 1.29 is 38.9 Å². The zero-order valence-electron chi connectivity index (χ0n) is 17.5. The summed E-state index contributed by atoms with van der Waals surface area (Å²) in [4.78, 5) is 61.9. The van der Waals surface area contributed by atoms with Gasteiger partial charge in [0.25, 0.3) is 17.7 Å². The third kappa shape index (κ3) is 3.84. The summed E-state index contributed by atoms with van der Waals surface area (Å²) in [6, 6.07) is 13.2. The number of amides is 3. The molecule has 0 fully saturated rings. The van der Waals surface area contributed by atoms with Gasteiger partial charge in [0.15, 0.2) is 0 Å². The third-order valence-corrected chi connectivity index (χ3v) is 5.14. The number of carbonyl (C=O) groups excluding carboxylic acids is 5. The molecule has 1 heterocycles. The molecule has 0 spiro atoms. The van der Waals surface area contributed by atoms with Crippen LogP contribution in [0, 0.1) is 0 Å². The number of carbonyl (C=O) groups is 5. The van der Waals surface area contributed by atoms with Crippen molar-refractivity contribution >= 4 is 41.0 Å². The zero-order chi connectivity index (χ0) is 24.6. The first-order valence-corrected chi connectivity index (χ1v) is 9.76. The number of ether oxygens (including phenoxy) is 1. The SMILES string of the molecule is COc1ccccc1N1C(=O)c2ccc(C(=O)Nc3cc(C(=O)[O-])cc(C(=O)[O-])c3)cc2C1=O. The molecule has 0 aromatic heterocycles. The van der Waals surface area contributed by atoms with Gasteiger partial charge in [0.2, 0.25) is 0 Å². The number of fused-ring (bicyclic) bond motifs is 1. The lowest BCUT2D eigenvalue weighted by molar-refractivity contribution is -0.255. The number of aromatic carboxylic acids is 2. The van der Waals surface area contributed by atoms with Crippen LogP contribution in [0.25, 0.3) is 0 Å². The van der Waals surface area contributed by atoms with Crippen molar-refractivity contribution in [2.75, 3.05) is 17.3 Å². The molecule has 10 nitrogen and oxygen atoms in total. The van der Waals surface area contributed by atoms with E-state index < -0.39 is 40.8 Å². The van der Waals surface area contributed by atoms with Gasteiger partial charge in [-0.15, -0.1) is 0 Å². The van der Waals surface area contributed by atoms with Crippen LogP contribution in [0.3, 0.4) is 0 Å². The van der Waals surface area contributed by atoms with Gasteiger partial charge >= 0.3 is 0 Å². The summed E-state index contributed by atoms with van der Waals surface area (Å²) in [6.07, 6.45) is 0. The summed E-state index contributed by atoms with van der Waals surface area (Å²) in [5, 5.41) is 24.7. The second kappa shape index (κ2) is 8.51. The molecular weight excluding hydrogens is 444 g/mol. The van der Waals surface area contributed by atoms with E-state index in [-0.39, 0.29) is 28.1 Å². The number of hydrogen-bond acceptors (Lipinski definition) is 8. The van der Waals surface area contributed by atoms with Gasteiger partial charge in [0, 0.05) is 11.3 Å². The second-order valence-electron chi connectivity index (χ2n) is 7.21. The lowest BCUT2D eigenvalue weighted by Gasteiger charge is -2.16. The molecule has 3 aromatic rings. The highest BCUT2D eigenvalue weighted by molar-refractivity contribution is 6.35. The number of hydrogen-bond donors (Lipinski definition) is 1. The molecule has 1 aliphatic rings. The fourth-order valence-electron chi connectivity index (χ4n) is 3.55. The van der Waals surface area contributed by atoms with E-state index in [1.165, 1.54) is 25.3 Å². The van der Waals surface area contributed by atoms with Crippen molar-refractivity contribution in [1.82, 2.24) is 0 Å². The Morgan fingerprint density at radius 1 is 0.794 bits per heavy atom. The molecule has 1 N–H and O–H groups in total. The molecule has 0 atom stereocenters. The van der Waals surface area contributed by atoms with E-state index in [4.69, 9.17) is 4.74 Å². The molecule has 1 aliphatic heterocycles. The molecule has 4 rings (SSSR count). The van der Waals surface area contributed by atoms with Crippen LogP contribution in [-0.2, 0) is 0 Å². The molecule has 34 heavy (non-hydrogen) atoms. The minimum atomic E-state index is -1.64. The summed E-state index contributed by atoms with van der Waals surface area (Å²) in [6.45, 7) is 0. The van der Waals surface area contributed by atoms with Crippen molar-refractivity contribution in [1.29, 1.82) is 0 Å². The van der Waals surface area contributed by atoms with Gasteiger partial charge in [-0.25, -0.2) is 4.90 Å². The molecule has 0 aliphatic carbocycles. The minimum Gasteiger partial charge on any atom is -0.545 e. The van der Waals surface area contributed by atoms with Crippen molar-refractivity contribution in [2.24, 2.45) is 0 Å². The minimum absolute atomic E-state index is 0.0116. The Balaban J connectivity index is 1.65. The van der Waals surface area contributed by atoms with Gasteiger partial charge < -0.3 is 29.9 Å². The van der Waals surface area contributed by atoms with E-state index in [1.54, 1.807) is 24.3 Å². The fourth-order valence-corrected chi connectivity index (χ4v) is 3.55. The number of carboxylic acid groups (broad SMARTS) is 2. The average molecular weight is 458 g/mol. The standard InChI is InChI=1S/C24H16N2O8/c1-34-19-5-3-2-4-18(19)26-21(28)16-7-6-12(11-17(16)22(26)29)20(27)25-15-9-13(23(30)31)8-14(10-15)24(32)33/h2-11H,1H3,(H,25,27)(H,30,31)(H,32,33)/p-2. The zero-order valence-corrected chi connectivity index (χ0v) is 17.5. The Morgan fingerprint density at radius 2 is 1.41 bits per heavy atom. The third-order valence-electron chi connectivity index (χ3n) is 5.14. The van der Waals surface area contributed by atoms with Crippen LogP contribution in [0.15, 0.2) is 60.7 Å². The topological polar surface area (TPSA) is 156 Å². The Morgan fingerprint density at radius 3 is 2.03 bits per heavy atom. The van der Waals surface area contributed by atoms with Crippen molar-refractivity contribution in [2.45, 2.75) is 0 Å². The maximum Gasteiger partial charge on any atom is 0.266 e. The molecule has 0 saturated heterocycles. The number of nitrogens with zero attached hydrogens (tertiary/aromatic N) is 1. The molecule has 10 heteroatoms. The van der Waals surface area contributed by atoms with E-state index in [1.807, 2.05) is 0 Å². The maximum absolute atomic E-state index is 13.0. The van der Waals surface area contributed by atoms with E-state index in [0.29, 0.717) is 5.75 Å². The number of methoxy groups -OCH3 is 1. The van der Waals surface area contributed by atoms with Gasteiger partial charge in [-0.2, -0.15) is 0 Å². The molecule has 3 amide bonds. The van der Waals surface area contributed by atoms with E-state index in [9.17, 15) is 34.2 Å². The monoisotopic (exact) mass is 458 g/mol. The summed E-state index contributed by atoms with van der Waals surface area (Å²) >= 11 is 0. The normalized spacial score (nSPS) is 12.3. The number of anilines is 2. The molecular formula is C24H14N2O8-2. The lowest BCUT2D eigenvalue weighted by atomic mass is 10.0. The lowest BCUT2D eigenvalue weighted by Crippen LogP contribution is -2.29. The fraction of sp³-hybridized carbons (Fsp3) is 0.0417. The van der Waals surface area contributed by atoms with Crippen LogP contribution < -0.4 is 25.2 Å². The van der Waals surface area contributed by atoms with E-state index >= 15 is 0 Å². The Kier molecular flexibility index (Phi) is 5.56. The average Bonchev–Trinajstić information content (AvgIpc) is 3.07. The summed E-state index contributed by atoms with van der Waals surface area (Å²) in [5.41, 5.74) is -0.775. The maximum atomic E-state index is 13.0. The van der Waals surface area contributed by atoms with Crippen LogP contribution >= 0.6 is 0 Å². The molecule has 0 saturated carbocycles. The van der Waals surface area contributed by atoms with Crippen LogP contribution in [0.2, 0.25) is 0 Å². The first-order valence-electron chi connectivity index (χ1n) is 9.76. The van der Waals surface area contributed by atoms with Crippen LogP contribution in [0.5, 0.6) is 5.75 Å². The van der Waals surface area contributed by atoms with Crippen molar-refractivity contribution in [3.05, 3.63) is 88.5 Å². The number of nitrogens with one attached hydrogen (secondary N) is 1. The van der Waals surface area contributed by atoms with Crippen molar-refractivity contribution in [3.63, 3.8) is 0 Å². The Bertz CT molecular complexity index is 1360. The summed E-state index contributed by atoms with van der Waals surface area (Å²) in [5.74, 6) is -4.98. The number of benzene rings is 3.